The van der Waals surface area contributed by atoms with E-state index < -0.39 is 6.10 Å². The van der Waals surface area contributed by atoms with Gasteiger partial charge in [-0.05, 0) is 25.0 Å². The summed E-state index contributed by atoms with van der Waals surface area (Å²) >= 11 is 0. The second kappa shape index (κ2) is 6.35. The highest BCUT2D eigenvalue weighted by Crippen LogP contribution is 2.31. The van der Waals surface area contributed by atoms with Gasteiger partial charge in [-0.2, -0.15) is 0 Å². The van der Waals surface area contributed by atoms with E-state index in [1.807, 2.05) is 18.2 Å². The molecule has 1 saturated heterocycles. The maximum Gasteiger partial charge on any atom is 0.267 e. The van der Waals surface area contributed by atoms with E-state index in [0.29, 0.717) is 18.0 Å². The second-order valence-corrected chi connectivity index (χ2v) is 5.58. The minimum Gasteiger partial charge on any atom is -0.485 e. The molecule has 1 aromatic rings. The summed E-state index contributed by atoms with van der Waals surface area (Å²) in [6, 6.07) is 7.28. The average Bonchev–Trinajstić information content (AvgIpc) is 2.79. The van der Waals surface area contributed by atoms with Crippen LogP contribution in [0.3, 0.4) is 0 Å². The topological polar surface area (TPSA) is 59.0 Å². The minimum absolute atomic E-state index is 0.00983. The normalized spacial score (nSPS) is 25.3. The fourth-order valence-corrected chi connectivity index (χ4v) is 2.98. The van der Waals surface area contributed by atoms with Crippen LogP contribution in [0.25, 0.3) is 0 Å². The maximum absolute atomic E-state index is 12.7. The fourth-order valence-electron chi connectivity index (χ4n) is 2.98. The molecule has 1 fully saturated rings. The average molecular weight is 291 g/mol. The van der Waals surface area contributed by atoms with Crippen LogP contribution in [0, 0.1) is 0 Å². The molecule has 0 radical (unpaired) electrons. The number of carbonyl (C=O) groups is 1. The number of nitrogens with zero attached hydrogens (tertiary/aromatic N) is 1. The van der Waals surface area contributed by atoms with Crippen molar-refractivity contribution < 1.29 is 19.4 Å². The Morgan fingerprint density at radius 3 is 2.86 bits per heavy atom. The van der Waals surface area contributed by atoms with Gasteiger partial charge in [0.25, 0.3) is 5.91 Å². The molecule has 2 aliphatic heterocycles. The highest BCUT2D eigenvalue weighted by atomic mass is 16.6. The van der Waals surface area contributed by atoms with E-state index in [4.69, 9.17) is 9.47 Å². The van der Waals surface area contributed by atoms with Gasteiger partial charge in [0.1, 0.15) is 6.61 Å². The van der Waals surface area contributed by atoms with Crippen LogP contribution in [0.1, 0.15) is 25.7 Å². The van der Waals surface area contributed by atoms with Gasteiger partial charge in [-0.25, -0.2) is 0 Å². The first kappa shape index (κ1) is 14.2. The molecular formula is C16H21NO4. The lowest BCUT2D eigenvalue weighted by atomic mass is 10.1. The van der Waals surface area contributed by atoms with Crippen molar-refractivity contribution in [3.8, 4) is 11.5 Å². The van der Waals surface area contributed by atoms with Crippen molar-refractivity contribution in [2.45, 2.75) is 37.8 Å². The first-order valence-corrected chi connectivity index (χ1v) is 7.59. The number of benzene rings is 1. The molecule has 2 heterocycles. The summed E-state index contributed by atoms with van der Waals surface area (Å²) in [5, 5.41) is 9.53. The molecule has 1 N–H and O–H groups in total. The van der Waals surface area contributed by atoms with Gasteiger partial charge in [-0.3, -0.25) is 4.79 Å². The molecule has 5 nitrogen and oxygen atoms in total. The monoisotopic (exact) mass is 291 g/mol. The molecule has 3 rings (SSSR count). The summed E-state index contributed by atoms with van der Waals surface area (Å²) in [4.78, 5) is 14.5. The minimum atomic E-state index is -0.618. The summed E-state index contributed by atoms with van der Waals surface area (Å²) in [5.41, 5.74) is 0. The van der Waals surface area contributed by atoms with E-state index in [0.717, 1.165) is 25.7 Å². The Hall–Kier alpha value is -1.75. The number of hydrogen-bond donors (Lipinski definition) is 1. The fraction of sp³-hybridized carbons (Fsp3) is 0.562. The van der Waals surface area contributed by atoms with Crippen LogP contribution in [0.4, 0.5) is 0 Å². The lowest BCUT2D eigenvalue weighted by molar-refractivity contribution is -0.144. The molecule has 0 aliphatic carbocycles. The Morgan fingerprint density at radius 2 is 2.05 bits per heavy atom. The maximum atomic E-state index is 12.7. The van der Waals surface area contributed by atoms with Gasteiger partial charge in [0.15, 0.2) is 11.5 Å². The number of amides is 1. The first-order valence-electron chi connectivity index (χ1n) is 7.59. The predicted octanol–water partition coefficient (Wildman–Crippen LogP) is 1.59. The third-order valence-corrected chi connectivity index (χ3v) is 4.15. The van der Waals surface area contributed by atoms with Gasteiger partial charge < -0.3 is 19.5 Å². The molecule has 114 valence electrons. The van der Waals surface area contributed by atoms with Crippen molar-refractivity contribution in [1.29, 1.82) is 0 Å². The Kier molecular flexibility index (Phi) is 4.29. The number of carbonyl (C=O) groups excluding carboxylic acids is 1. The van der Waals surface area contributed by atoms with Gasteiger partial charge >= 0.3 is 0 Å². The Bertz CT molecular complexity index is 505. The van der Waals surface area contributed by atoms with Crippen LogP contribution in [-0.2, 0) is 4.79 Å². The molecule has 2 aliphatic rings. The van der Waals surface area contributed by atoms with Gasteiger partial charge in [0, 0.05) is 6.54 Å². The van der Waals surface area contributed by atoms with Gasteiger partial charge in [-0.1, -0.05) is 25.0 Å². The largest absolute Gasteiger partial charge is 0.485 e. The molecule has 0 saturated carbocycles. The molecule has 5 heteroatoms. The van der Waals surface area contributed by atoms with Gasteiger partial charge in [0.2, 0.25) is 6.10 Å². The van der Waals surface area contributed by atoms with E-state index in [-0.39, 0.29) is 25.2 Å². The van der Waals surface area contributed by atoms with Crippen molar-refractivity contribution in [2.24, 2.45) is 0 Å². The van der Waals surface area contributed by atoms with Crippen LogP contribution in [0.5, 0.6) is 11.5 Å². The third-order valence-electron chi connectivity index (χ3n) is 4.15. The summed E-state index contributed by atoms with van der Waals surface area (Å²) in [6.07, 6.45) is 3.37. The van der Waals surface area contributed by atoms with Gasteiger partial charge in [-0.15, -0.1) is 0 Å². The standard InChI is InChI=1S/C16H21NO4/c18-10-12-6-2-1-5-9-17(12)16(19)15-11-20-13-7-3-4-8-14(13)21-15/h3-4,7-8,12,15,18H,1-2,5-6,9-11H2. The molecule has 0 bridgehead atoms. The van der Waals surface area contributed by atoms with Crippen molar-refractivity contribution >= 4 is 5.91 Å². The molecule has 0 aromatic heterocycles. The van der Waals surface area contributed by atoms with E-state index in [9.17, 15) is 9.90 Å². The molecule has 2 unspecified atom stereocenters. The van der Waals surface area contributed by atoms with Crippen LogP contribution in [0.15, 0.2) is 24.3 Å². The number of aliphatic hydroxyl groups is 1. The number of aliphatic hydroxyl groups excluding tert-OH is 1. The van der Waals surface area contributed by atoms with Crippen LogP contribution in [0.2, 0.25) is 0 Å². The highest BCUT2D eigenvalue weighted by Gasteiger charge is 2.34. The Morgan fingerprint density at radius 1 is 1.24 bits per heavy atom. The summed E-state index contributed by atoms with van der Waals surface area (Å²) < 4.78 is 11.4. The Balaban J connectivity index is 1.73. The van der Waals surface area contributed by atoms with Crippen molar-refractivity contribution in [3.63, 3.8) is 0 Å². The zero-order valence-electron chi connectivity index (χ0n) is 12.0. The van der Waals surface area contributed by atoms with Crippen molar-refractivity contribution in [2.75, 3.05) is 19.8 Å². The van der Waals surface area contributed by atoms with Crippen LogP contribution >= 0.6 is 0 Å². The molecular weight excluding hydrogens is 270 g/mol. The first-order chi connectivity index (χ1) is 10.3. The van der Waals surface area contributed by atoms with E-state index in [1.54, 1.807) is 11.0 Å². The van der Waals surface area contributed by atoms with E-state index in [2.05, 4.69) is 0 Å². The predicted molar refractivity (Wildman–Crippen MR) is 77.4 cm³/mol. The molecule has 1 aromatic carbocycles. The molecule has 0 spiro atoms. The number of rotatable bonds is 2. The summed E-state index contributed by atoms with van der Waals surface area (Å²) in [7, 11) is 0. The SMILES string of the molecule is O=C(C1COc2ccccc2O1)N1CCCCCC1CO. The summed E-state index contributed by atoms with van der Waals surface area (Å²) in [6.45, 7) is 0.923. The quantitative estimate of drug-likeness (QED) is 0.899. The highest BCUT2D eigenvalue weighted by molar-refractivity contribution is 5.82. The zero-order chi connectivity index (χ0) is 14.7. The molecule has 1 amide bonds. The number of hydrogen-bond acceptors (Lipinski definition) is 4. The van der Waals surface area contributed by atoms with E-state index in [1.165, 1.54) is 0 Å². The van der Waals surface area contributed by atoms with Crippen LogP contribution in [-0.4, -0.2) is 47.8 Å². The van der Waals surface area contributed by atoms with Gasteiger partial charge in [0.05, 0.1) is 12.6 Å². The van der Waals surface area contributed by atoms with Crippen molar-refractivity contribution in [3.05, 3.63) is 24.3 Å². The lowest BCUT2D eigenvalue weighted by Gasteiger charge is -2.34. The molecule has 21 heavy (non-hydrogen) atoms. The zero-order valence-corrected chi connectivity index (χ0v) is 12.0. The smallest absolute Gasteiger partial charge is 0.267 e. The number of likely N-dealkylation sites (tertiary alicyclic amines) is 1. The number of para-hydroxylation sites is 2. The van der Waals surface area contributed by atoms with Crippen molar-refractivity contribution in [1.82, 2.24) is 4.90 Å². The molecule has 2 atom stereocenters. The number of ether oxygens (including phenoxy) is 2. The lowest BCUT2D eigenvalue weighted by Crippen LogP contribution is -2.51. The third kappa shape index (κ3) is 2.97. The second-order valence-electron chi connectivity index (χ2n) is 5.58. The Labute approximate surface area is 124 Å². The van der Waals surface area contributed by atoms with E-state index >= 15 is 0 Å². The summed E-state index contributed by atoms with van der Waals surface area (Å²) in [5.74, 6) is 1.21. The van der Waals surface area contributed by atoms with Crippen LogP contribution < -0.4 is 9.47 Å². The number of fused-ring (bicyclic) bond motifs is 1.